The molecule has 1 aromatic rings. The normalized spacial score (nSPS) is 14.3. The third-order valence-electron chi connectivity index (χ3n) is 2.84. The van der Waals surface area contributed by atoms with Crippen molar-refractivity contribution in [1.82, 2.24) is 5.32 Å². The van der Waals surface area contributed by atoms with Gasteiger partial charge in [0.15, 0.2) is 0 Å². The summed E-state index contributed by atoms with van der Waals surface area (Å²) in [5, 5.41) is 3.25. The first-order valence-electron chi connectivity index (χ1n) is 6.86. The molecule has 19 heavy (non-hydrogen) atoms. The van der Waals surface area contributed by atoms with Gasteiger partial charge in [-0.3, -0.25) is 0 Å². The summed E-state index contributed by atoms with van der Waals surface area (Å²) in [7, 11) is 0. The predicted molar refractivity (Wildman–Crippen MR) is 74.7 cm³/mol. The molecule has 0 radical (unpaired) electrons. The van der Waals surface area contributed by atoms with Gasteiger partial charge >= 0.3 is 0 Å². The molecule has 0 aliphatic heterocycles. The topological polar surface area (TPSA) is 30.5 Å². The van der Waals surface area contributed by atoms with Crippen LogP contribution >= 0.6 is 0 Å². The lowest BCUT2D eigenvalue weighted by Gasteiger charge is -2.21. The smallest absolute Gasteiger partial charge is 0.128 e. The molecule has 108 valence electrons. The van der Waals surface area contributed by atoms with Crippen LogP contribution in [0.15, 0.2) is 24.3 Å². The maximum atomic E-state index is 13.8. The Kier molecular flexibility index (Phi) is 7.63. The van der Waals surface area contributed by atoms with Gasteiger partial charge in [-0.2, -0.15) is 0 Å². The fraction of sp³-hybridized carbons (Fsp3) is 0.600. The lowest BCUT2D eigenvalue weighted by molar-refractivity contribution is -0.0118. The lowest BCUT2D eigenvalue weighted by Crippen LogP contribution is -2.29. The molecule has 0 aliphatic rings. The molecule has 0 fully saturated rings. The first-order chi connectivity index (χ1) is 9.19. The molecule has 0 saturated carbocycles. The number of ether oxygens (including phenoxy) is 2. The third kappa shape index (κ3) is 5.68. The zero-order valence-corrected chi connectivity index (χ0v) is 12.0. The van der Waals surface area contributed by atoms with E-state index in [9.17, 15) is 4.39 Å². The molecule has 1 aromatic carbocycles. The average molecular weight is 269 g/mol. The zero-order valence-electron chi connectivity index (χ0n) is 12.0. The van der Waals surface area contributed by atoms with Gasteiger partial charge in [-0.15, -0.1) is 0 Å². The molecule has 1 N–H and O–H groups in total. The minimum absolute atomic E-state index is 0.00730. The third-order valence-corrected chi connectivity index (χ3v) is 2.84. The molecule has 0 bridgehead atoms. The van der Waals surface area contributed by atoms with Gasteiger partial charge in [0, 0.05) is 12.2 Å². The van der Waals surface area contributed by atoms with Crippen molar-refractivity contribution in [3.05, 3.63) is 35.6 Å². The van der Waals surface area contributed by atoms with Crippen LogP contribution in [0.5, 0.6) is 0 Å². The van der Waals surface area contributed by atoms with E-state index in [0.717, 1.165) is 6.54 Å². The summed E-state index contributed by atoms with van der Waals surface area (Å²) in [6.07, 6.45) is 0.00730. The standard InChI is InChI=1S/C15H24FNO2/c1-4-17-15(11-19-12(3)10-18-5-2)13-8-6-7-9-14(13)16/h6-9,12,15,17H,4-5,10-11H2,1-3H3. The van der Waals surface area contributed by atoms with Gasteiger partial charge in [0.05, 0.1) is 25.4 Å². The molecule has 1 rings (SSSR count). The van der Waals surface area contributed by atoms with Crippen LogP contribution in [0.4, 0.5) is 4.39 Å². The minimum atomic E-state index is -0.200. The fourth-order valence-electron chi connectivity index (χ4n) is 1.86. The summed E-state index contributed by atoms with van der Waals surface area (Å²) in [6.45, 7) is 8.35. The fourth-order valence-corrected chi connectivity index (χ4v) is 1.86. The first kappa shape index (κ1) is 16.1. The quantitative estimate of drug-likeness (QED) is 0.747. The van der Waals surface area contributed by atoms with Crippen molar-refractivity contribution < 1.29 is 13.9 Å². The van der Waals surface area contributed by atoms with Crippen LogP contribution in [0.25, 0.3) is 0 Å². The number of benzene rings is 1. The van der Waals surface area contributed by atoms with Gasteiger partial charge in [-0.05, 0) is 26.5 Å². The maximum Gasteiger partial charge on any atom is 0.128 e. The summed E-state index contributed by atoms with van der Waals surface area (Å²) in [6, 6.07) is 6.67. The molecule has 3 nitrogen and oxygen atoms in total. The zero-order chi connectivity index (χ0) is 14.1. The van der Waals surface area contributed by atoms with Crippen molar-refractivity contribution in [3.8, 4) is 0 Å². The number of rotatable bonds is 9. The molecule has 0 aliphatic carbocycles. The number of hydrogen-bond donors (Lipinski definition) is 1. The summed E-state index contributed by atoms with van der Waals surface area (Å²) < 4.78 is 24.8. The highest BCUT2D eigenvalue weighted by Gasteiger charge is 2.15. The molecule has 2 atom stereocenters. The molecule has 2 unspecified atom stereocenters. The SMILES string of the molecule is CCNC(COC(C)COCC)c1ccccc1F. The second kappa shape index (κ2) is 9.02. The van der Waals surface area contributed by atoms with Crippen LogP contribution in [-0.4, -0.2) is 32.5 Å². The van der Waals surface area contributed by atoms with E-state index in [1.54, 1.807) is 12.1 Å². The van der Waals surface area contributed by atoms with Crippen molar-refractivity contribution in [2.24, 2.45) is 0 Å². The van der Waals surface area contributed by atoms with E-state index in [-0.39, 0.29) is 18.0 Å². The van der Waals surface area contributed by atoms with Crippen molar-refractivity contribution in [1.29, 1.82) is 0 Å². The van der Waals surface area contributed by atoms with Crippen molar-refractivity contribution >= 4 is 0 Å². The van der Waals surface area contributed by atoms with Gasteiger partial charge in [0.1, 0.15) is 5.82 Å². The molecule has 4 heteroatoms. The second-order valence-electron chi connectivity index (χ2n) is 4.44. The van der Waals surface area contributed by atoms with Crippen molar-refractivity contribution in [3.63, 3.8) is 0 Å². The van der Waals surface area contributed by atoms with Crippen LogP contribution in [0.1, 0.15) is 32.4 Å². The van der Waals surface area contributed by atoms with E-state index in [1.807, 2.05) is 26.8 Å². The molecule has 0 spiro atoms. The van der Waals surface area contributed by atoms with E-state index in [1.165, 1.54) is 6.07 Å². The molecule has 0 saturated heterocycles. The summed E-state index contributed by atoms with van der Waals surface area (Å²) >= 11 is 0. The van der Waals surface area contributed by atoms with E-state index < -0.39 is 0 Å². The highest BCUT2D eigenvalue weighted by atomic mass is 19.1. The average Bonchev–Trinajstić information content (AvgIpc) is 2.42. The number of halogens is 1. The van der Waals surface area contributed by atoms with Gasteiger partial charge in [0.25, 0.3) is 0 Å². The minimum Gasteiger partial charge on any atom is -0.379 e. The number of likely N-dealkylation sites (N-methyl/N-ethyl adjacent to an activating group) is 1. The van der Waals surface area contributed by atoms with E-state index in [2.05, 4.69) is 5.32 Å². The van der Waals surface area contributed by atoms with Gasteiger partial charge in [-0.1, -0.05) is 25.1 Å². The van der Waals surface area contributed by atoms with Gasteiger partial charge < -0.3 is 14.8 Å². The van der Waals surface area contributed by atoms with Crippen molar-refractivity contribution in [2.75, 3.05) is 26.4 Å². The Balaban J connectivity index is 2.56. The van der Waals surface area contributed by atoms with Crippen LogP contribution in [-0.2, 0) is 9.47 Å². The van der Waals surface area contributed by atoms with E-state index in [0.29, 0.717) is 25.4 Å². The highest BCUT2D eigenvalue weighted by Crippen LogP contribution is 2.17. The Bertz CT molecular complexity index is 360. The number of hydrogen-bond acceptors (Lipinski definition) is 3. The molecule has 0 amide bonds. The van der Waals surface area contributed by atoms with Crippen LogP contribution in [0.2, 0.25) is 0 Å². The van der Waals surface area contributed by atoms with Crippen LogP contribution in [0.3, 0.4) is 0 Å². The van der Waals surface area contributed by atoms with Crippen LogP contribution < -0.4 is 5.32 Å². The van der Waals surface area contributed by atoms with Crippen molar-refractivity contribution in [2.45, 2.75) is 32.9 Å². The number of nitrogens with one attached hydrogen (secondary N) is 1. The predicted octanol–water partition coefficient (Wildman–Crippen LogP) is 2.92. The first-order valence-corrected chi connectivity index (χ1v) is 6.86. The summed E-state index contributed by atoms with van der Waals surface area (Å²) in [5.74, 6) is -0.200. The van der Waals surface area contributed by atoms with E-state index >= 15 is 0 Å². The van der Waals surface area contributed by atoms with E-state index in [4.69, 9.17) is 9.47 Å². The van der Waals surface area contributed by atoms with Crippen LogP contribution in [0, 0.1) is 5.82 Å². The summed E-state index contributed by atoms with van der Waals surface area (Å²) in [5.41, 5.74) is 0.646. The Hall–Kier alpha value is -0.970. The molecule has 0 heterocycles. The maximum absolute atomic E-state index is 13.8. The molecular formula is C15H24FNO2. The van der Waals surface area contributed by atoms with Gasteiger partial charge in [-0.25, -0.2) is 4.39 Å². The lowest BCUT2D eigenvalue weighted by atomic mass is 10.1. The second-order valence-corrected chi connectivity index (χ2v) is 4.44. The Labute approximate surface area is 115 Å². The molecule has 0 aromatic heterocycles. The Morgan fingerprint density at radius 1 is 1.21 bits per heavy atom. The summed E-state index contributed by atoms with van der Waals surface area (Å²) in [4.78, 5) is 0. The van der Waals surface area contributed by atoms with Gasteiger partial charge in [0.2, 0.25) is 0 Å². The largest absolute Gasteiger partial charge is 0.379 e. The Morgan fingerprint density at radius 3 is 2.58 bits per heavy atom. The Morgan fingerprint density at radius 2 is 1.95 bits per heavy atom. The highest BCUT2D eigenvalue weighted by molar-refractivity contribution is 5.21. The monoisotopic (exact) mass is 269 g/mol. The molecular weight excluding hydrogens is 245 g/mol.